The number of methoxy groups -OCH3 is 1. The Labute approximate surface area is 125 Å². The predicted molar refractivity (Wildman–Crippen MR) is 83.9 cm³/mol. The van der Waals surface area contributed by atoms with Gasteiger partial charge in [-0.15, -0.1) is 5.10 Å². The predicted octanol–water partition coefficient (Wildman–Crippen LogP) is 2.48. The zero-order chi connectivity index (χ0) is 14.9. The molecule has 0 radical (unpaired) electrons. The summed E-state index contributed by atoms with van der Waals surface area (Å²) in [4.78, 5) is 6.54. The van der Waals surface area contributed by atoms with E-state index in [1.165, 1.54) is 0 Å². The minimum absolute atomic E-state index is 0.598. The van der Waals surface area contributed by atoms with E-state index in [0.29, 0.717) is 5.95 Å². The first-order chi connectivity index (χ1) is 10.3. The van der Waals surface area contributed by atoms with Gasteiger partial charge >= 0.3 is 0 Å². The van der Waals surface area contributed by atoms with E-state index < -0.39 is 0 Å². The standard InChI is InChI=1S/C15H21N5O/c1-3-20(13-8-5-4-6-9-13)15-18-14(12-17-19-15)16-10-7-11-21-2/h4-6,8-9,12H,3,7,10-11H2,1-2H3,(H,16,18,19). The third-order valence-corrected chi connectivity index (χ3v) is 3.00. The van der Waals surface area contributed by atoms with Gasteiger partial charge in [0, 0.05) is 32.5 Å². The van der Waals surface area contributed by atoms with Crippen LogP contribution in [0.3, 0.4) is 0 Å². The second kappa shape index (κ2) is 8.16. The van der Waals surface area contributed by atoms with E-state index in [9.17, 15) is 0 Å². The first-order valence-electron chi connectivity index (χ1n) is 7.10. The van der Waals surface area contributed by atoms with E-state index in [1.807, 2.05) is 35.2 Å². The first-order valence-corrected chi connectivity index (χ1v) is 7.10. The zero-order valence-electron chi connectivity index (χ0n) is 12.5. The summed E-state index contributed by atoms with van der Waals surface area (Å²) < 4.78 is 5.02. The fraction of sp³-hybridized carbons (Fsp3) is 0.400. The van der Waals surface area contributed by atoms with Crippen LogP contribution < -0.4 is 10.2 Å². The maximum Gasteiger partial charge on any atom is 0.251 e. The topological polar surface area (TPSA) is 63.2 Å². The van der Waals surface area contributed by atoms with E-state index in [-0.39, 0.29) is 0 Å². The molecule has 0 aliphatic heterocycles. The Kier molecular flexibility index (Phi) is 5.90. The minimum atomic E-state index is 0.598. The lowest BCUT2D eigenvalue weighted by Gasteiger charge is -2.20. The van der Waals surface area contributed by atoms with E-state index >= 15 is 0 Å². The third kappa shape index (κ3) is 4.39. The van der Waals surface area contributed by atoms with Crippen LogP contribution in [0.5, 0.6) is 0 Å². The van der Waals surface area contributed by atoms with Gasteiger partial charge in [-0.1, -0.05) is 18.2 Å². The maximum absolute atomic E-state index is 5.02. The van der Waals surface area contributed by atoms with Crippen molar-refractivity contribution in [1.82, 2.24) is 15.2 Å². The number of anilines is 3. The minimum Gasteiger partial charge on any atom is -0.385 e. The molecule has 0 saturated carbocycles. The number of benzene rings is 1. The number of ether oxygens (including phenoxy) is 1. The van der Waals surface area contributed by atoms with Crippen molar-refractivity contribution in [2.24, 2.45) is 0 Å². The largest absolute Gasteiger partial charge is 0.385 e. The molecular formula is C15H21N5O. The van der Waals surface area contributed by atoms with Crippen LogP contribution in [-0.2, 0) is 4.74 Å². The molecule has 1 heterocycles. The van der Waals surface area contributed by atoms with Crippen molar-refractivity contribution in [3.63, 3.8) is 0 Å². The van der Waals surface area contributed by atoms with E-state index in [4.69, 9.17) is 4.74 Å². The summed E-state index contributed by atoms with van der Waals surface area (Å²) in [7, 11) is 1.70. The van der Waals surface area contributed by atoms with Crippen LogP contribution in [0, 0.1) is 0 Å². The van der Waals surface area contributed by atoms with Crippen molar-refractivity contribution in [1.29, 1.82) is 0 Å². The summed E-state index contributed by atoms with van der Waals surface area (Å²) in [6.07, 6.45) is 2.56. The molecule has 0 aliphatic carbocycles. The van der Waals surface area contributed by atoms with Gasteiger partial charge in [-0.2, -0.15) is 10.1 Å². The maximum atomic E-state index is 5.02. The monoisotopic (exact) mass is 287 g/mol. The molecule has 0 unspecified atom stereocenters. The van der Waals surface area contributed by atoms with Gasteiger partial charge < -0.3 is 15.0 Å². The van der Waals surface area contributed by atoms with Gasteiger partial charge in [-0.05, 0) is 25.5 Å². The van der Waals surface area contributed by atoms with Gasteiger partial charge in [0.2, 0.25) is 0 Å². The summed E-state index contributed by atoms with van der Waals surface area (Å²) in [6.45, 7) is 4.36. The summed E-state index contributed by atoms with van der Waals surface area (Å²) in [5.74, 6) is 1.32. The molecule has 6 heteroatoms. The number of hydrogen-bond acceptors (Lipinski definition) is 6. The molecular weight excluding hydrogens is 266 g/mol. The second-order valence-electron chi connectivity index (χ2n) is 4.49. The van der Waals surface area contributed by atoms with Crippen LogP contribution >= 0.6 is 0 Å². The fourth-order valence-corrected chi connectivity index (χ4v) is 1.97. The van der Waals surface area contributed by atoms with Crippen molar-refractivity contribution in [2.45, 2.75) is 13.3 Å². The van der Waals surface area contributed by atoms with E-state index in [1.54, 1.807) is 13.3 Å². The molecule has 112 valence electrons. The van der Waals surface area contributed by atoms with Gasteiger partial charge in [0.05, 0.1) is 6.20 Å². The van der Waals surface area contributed by atoms with Gasteiger partial charge in [0.1, 0.15) is 0 Å². The van der Waals surface area contributed by atoms with Crippen LogP contribution in [0.4, 0.5) is 17.5 Å². The van der Waals surface area contributed by atoms with Crippen molar-refractivity contribution >= 4 is 17.5 Å². The van der Waals surface area contributed by atoms with Gasteiger partial charge in [-0.3, -0.25) is 0 Å². The Morgan fingerprint density at radius 1 is 1.24 bits per heavy atom. The summed E-state index contributed by atoms with van der Waals surface area (Å²) in [5.41, 5.74) is 1.05. The number of hydrogen-bond donors (Lipinski definition) is 1. The Morgan fingerprint density at radius 3 is 2.76 bits per heavy atom. The van der Waals surface area contributed by atoms with Crippen LogP contribution in [0.1, 0.15) is 13.3 Å². The summed E-state index contributed by atoms with van der Waals surface area (Å²) >= 11 is 0. The molecule has 0 spiro atoms. The highest BCUT2D eigenvalue weighted by Crippen LogP contribution is 2.21. The lowest BCUT2D eigenvalue weighted by Crippen LogP contribution is -2.20. The summed E-state index contributed by atoms with van der Waals surface area (Å²) in [6, 6.07) is 10.1. The molecule has 1 aromatic heterocycles. The molecule has 0 aliphatic rings. The second-order valence-corrected chi connectivity index (χ2v) is 4.49. The lowest BCUT2D eigenvalue weighted by molar-refractivity contribution is 0.197. The molecule has 0 saturated heterocycles. The van der Waals surface area contributed by atoms with Crippen molar-refractivity contribution < 1.29 is 4.74 Å². The molecule has 1 aromatic carbocycles. The molecule has 2 rings (SSSR count). The smallest absolute Gasteiger partial charge is 0.251 e. The molecule has 0 bridgehead atoms. The average molecular weight is 287 g/mol. The number of para-hydroxylation sites is 1. The highest BCUT2D eigenvalue weighted by molar-refractivity contribution is 5.57. The zero-order valence-corrected chi connectivity index (χ0v) is 12.5. The lowest BCUT2D eigenvalue weighted by atomic mass is 10.3. The van der Waals surface area contributed by atoms with Crippen LogP contribution in [0.2, 0.25) is 0 Å². The Balaban J connectivity index is 2.08. The Bertz CT molecular complexity index is 535. The van der Waals surface area contributed by atoms with Crippen molar-refractivity contribution in [2.75, 3.05) is 37.0 Å². The molecule has 1 N–H and O–H groups in total. The van der Waals surface area contributed by atoms with Crippen molar-refractivity contribution in [3.05, 3.63) is 36.5 Å². The van der Waals surface area contributed by atoms with Gasteiger partial charge in [-0.25, -0.2) is 0 Å². The number of nitrogens with one attached hydrogen (secondary N) is 1. The molecule has 0 fully saturated rings. The molecule has 0 amide bonds. The Morgan fingerprint density at radius 2 is 2.05 bits per heavy atom. The van der Waals surface area contributed by atoms with Gasteiger partial charge in [0.25, 0.3) is 5.95 Å². The van der Waals surface area contributed by atoms with E-state index in [0.717, 1.165) is 37.6 Å². The third-order valence-electron chi connectivity index (χ3n) is 3.00. The number of aromatic nitrogens is 3. The Hall–Kier alpha value is -2.21. The normalized spacial score (nSPS) is 10.4. The summed E-state index contributed by atoms with van der Waals surface area (Å²) in [5, 5.41) is 11.4. The number of nitrogens with zero attached hydrogens (tertiary/aromatic N) is 4. The molecule has 6 nitrogen and oxygen atoms in total. The fourth-order valence-electron chi connectivity index (χ4n) is 1.97. The van der Waals surface area contributed by atoms with Crippen LogP contribution in [-0.4, -0.2) is 42.0 Å². The van der Waals surface area contributed by atoms with Crippen LogP contribution in [0.15, 0.2) is 36.5 Å². The molecule has 0 atom stereocenters. The van der Waals surface area contributed by atoms with E-state index in [2.05, 4.69) is 27.4 Å². The molecule has 21 heavy (non-hydrogen) atoms. The SMILES string of the molecule is CCN(c1ccccc1)c1nncc(NCCCOC)n1. The average Bonchev–Trinajstić information content (AvgIpc) is 2.54. The highest BCUT2D eigenvalue weighted by Gasteiger charge is 2.11. The number of rotatable bonds is 8. The van der Waals surface area contributed by atoms with Gasteiger partial charge in [0.15, 0.2) is 5.82 Å². The first kappa shape index (κ1) is 15.2. The van der Waals surface area contributed by atoms with Crippen LogP contribution in [0.25, 0.3) is 0 Å². The quantitative estimate of drug-likeness (QED) is 0.753. The van der Waals surface area contributed by atoms with Crippen molar-refractivity contribution in [3.8, 4) is 0 Å². The highest BCUT2D eigenvalue weighted by atomic mass is 16.5. The molecule has 2 aromatic rings.